The Hall–Kier alpha value is 1.62. The van der Waals surface area contributed by atoms with Crippen molar-refractivity contribution < 1.29 is 51.4 Å². The zero-order valence-corrected chi connectivity index (χ0v) is 11.6. The Morgan fingerprint density at radius 2 is 1.57 bits per heavy atom. The Balaban J connectivity index is -0.0000000150. The summed E-state index contributed by atoms with van der Waals surface area (Å²) in [6.45, 7) is 1.08. The van der Waals surface area contributed by atoms with Crippen LogP contribution in [-0.2, 0) is 46.3 Å². The van der Waals surface area contributed by atoms with Crippen LogP contribution in [0.4, 0.5) is 0 Å². The Morgan fingerprint density at radius 3 is 1.57 bits per heavy atom. The summed E-state index contributed by atoms with van der Waals surface area (Å²) in [5, 5.41) is 7.42. The van der Waals surface area contributed by atoms with Gasteiger partial charge in [-0.05, 0) is 0 Å². The SMILES string of the molecule is CC(=O)O.[Pd].[Pt].[SnH2]. The van der Waals surface area contributed by atoms with Gasteiger partial charge in [-0.25, -0.2) is 0 Å². The average Bonchev–Trinajstić information content (AvgIpc) is 0.811. The van der Waals surface area contributed by atoms with Crippen LogP contribution in [0.15, 0.2) is 0 Å². The first-order chi connectivity index (χ1) is 1.73. The van der Waals surface area contributed by atoms with E-state index < -0.39 is 5.97 Å². The molecule has 0 aromatic heterocycles. The number of rotatable bonds is 0. The van der Waals surface area contributed by atoms with Gasteiger partial charge in [0.05, 0.1) is 0 Å². The zero-order valence-electron chi connectivity index (χ0n) is 3.70. The molecule has 0 rings (SSSR count). The van der Waals surface area contributed by atoms with Crippen LogP contribution in [0, 0.1) is 0 Å². The van der Waals surface area contributed by atoms with Crippen molar-refractivity contribution in [2.75, 3.05) is 0 Å². The van der Waals surface area contributed by atoms with Gasteiger partial charge in [-0.3, -0.25) is 4.79 Å². The molecule has 0 aliphatic heterocycles. The van der Waals surface area contributed by atoms with Gasteiger partial charge in [0.15, 0.2) is 0 Å². The van der Waals surface area contributed by atoms with E-state index in [0.717, 1.165) is 6.92 Å². The van der Waals surface area contributed by atoms with Crippen LogP contribution < -0.4 is 0 Å². The summed E-state index contributed by atoms with van der Waals surface area (Å²) >= 11 is 0. The summed E-state index contributed by atoms with van der Waals surface area (Å²) < 4.78 is 0. The van der Waals surface area contributed by atoms with E-state index in [9.17, 15) is 0 Å². The average molecular weight is 482 g/mol. The molecule has 0 heterocycles. The van der Waals surface area contributed by atoms with Gasteiger partial charge >= 0.3 is 23.9 Å². The first-order valence-electron chi connectivity index (χ1n) is 0.928. The van der Waals surface area contributed by atoms with E-state index in [4.69, 9.17) is 9.90 Å². The van der Waals surface area contributed by atoms with Crippen molar-refractivity contribution in [1.29, 1.82) is 0 Å². The third-order valence-corrected chi connectivity index (χ3v) is 0. The molecule has 5 heteroatoms. The molecule has 0 aliphatic carbocycles. The molecule has 2 nitrogen and oxygen atoms in total. The van der Waals surface area contributed by atoms with Crippen LogP contribution in [0.25, 0.3) is 0 Å². The molecular weight excluding hydrogens is 476 g/mol. The van der Waals surface area contributed by atoms with Crippen molar-refractivity contribution in [3.05, 3.63) is 0 Å². The number of hydrogen-bond donors (Lipinski definition) is 1. The number of aliphatic carboxylic acids is 1. The van der Waals surface area contributed by atoms with Gasteiger partial charge < -0.3 is 5.11 Å². The van der Waals surface area contributed by atoms with E-state index in [2.05, 4.69) is 0 Å². The molecule has 0 fully saturated rings. The molecule has 7 heavy (non-hydrogen) atoms. The van der Waals surface area contributed by atoms with Crippen molar-refractivity contribution in [3.8, 4) is 0 Å². The molecule has 0 atom stereocenters. The molecule has 0 saturated carbocycles. The van der Waals surface area contributed by atoms with Crippen LogP contribution in [0.2, 0.25) is 0 Å². The summed E-state index contributed by atoms with van der Waals surface area (Å²) in [5.41, 5.74) is 0. The molecule has 1 N–H and O–H groups in total. The van der Waals surface area contributed by atoms with Crippen LogP contribution in [0.3, 0.4) is 0 Å². The zero-order chi connectivity index (χ0) is 3.58. The normalized spacial score (nSPS) is 3.57. The Kier molecular flexibility index (Phi) is 52.4. The molecule has 0 unspecified atom stereocenters. The molecule has 0 amide bonds. The fraction of sp³-hybridized carbons (Fsp3) is 0.500. The van der Waals surface area contributed by atoms with Gasteiger partial charge in [0, 0.05) is 48.4 Å². The standard InChI is InChI=1S/C2H4O2.Pd.Pt.Sn.2H/c1-2(3)4;;;;;/h1H3,(H,3,4);;;;;. The van der Waals surface area contributed by atoms with Crippen molar-refractivity contribution in [3.63, 3.8) is 0 Å². The van der Waals surface area contributed by atoms with Gasteiger partial charge in [-0.15, -0.1) is 0 Å². The van der Waals surface area contributed by atoms with Gasteiger partial charge in [0.25, 0.3) is 5.97 Å². The third kappa shape index (κ3) is 91.8. The van der Waals surface area contributed by atoms with Crippen LogP contribution >= 0.6 is 0 Å². The number of carboxylic acid groups (broad SMARTS) is 1. The van der Waals surface area contributed by atoms with Crippen LogP contribution in [0.5, 0.6) is 0 Å². The summed E-state index contributed by atoms with van der Waals surface area (Å²) in [5.74, 6) is -0.833. The van der Waals surface area contributed by atoms with Crippen molar-refractivity contribution >= 4 is 29.9 Å². The second-order valence-electron chi connectivity index (χ2n) is 0.519. The number of carbonyl (C=O) groups is 1. The maximum atomic E-state index is 9.00. The summed E-state index contributed by atoms with van der Waals surface area (Å²) in [6.07, 6.45) is 0. The summed E-state index contributed by atoms with van der Waals surface area (Å²) in [7, 11) is 0. The first-order valence-corrected chi connectivity index (χ1v) is 0.928. The van der Waals surface area contributed by atoms with E-state index >= 15 is 0 Å². The predicted octanol–water partition coefficient (Wildman–Crippen LogP) is -0.830. The quantitative estimate of drug-likeness (QED) is 0.458. The molecule has 0 aromatic rings. The third-order valence-electron chi connectivity index (χ3n) is 0. The van der Waals surface area contributed by atoms with Crippen LogP contribution in [0.1, 0.15) is 6.92 Å². The Bertz CT molecular complexity index is 38.7. The van der Waals surface area contributed by atoms with Crippen molar-refractivity contribution in [2.24, 2.45) is 0 Å². The predicted molar refractivity (Wildman–Crippen MR) is 21.9 cm³/mol. The Morgan fingerprint density at radius 1 is 1.57 bits per heavy atom. The first kappa shape index (κ1) is 23.5. The number of carboxylic acids is 1. The minimum absolute atomic E-state index is 0. The topological polar surface area (TPSA) is 37.3 Å². The fourth-order valence-electron chi connectivity index (χ4n) is 0. The van der Waals surface area contributed by atoms with Gasteiger partial charge in [-0.2, -0.15) is 0 Å². The molecule has 0 saturated heterocycles. The Labute approximate surface area is 87.3 Å². The van der Waals surface area contributed by atoms with E-state index in [1.54, 1.807) is 0 Å². The molecule has 2 radical (unpaired) electrons. The summed E-state index contributed by atoms with van der Waals surface area (Å²) in [6, 6.07) is 0. The number of hydrogen-bond acceptors (Lipinski definition) is 1. The van der Waals surface area contributed by atoms with Crippen molar-refractivity contribution in [1.82, 2.24) is 0 Å². The van der Waals surface area contributed by atoms with E-state index in [-0.39, 0.29) is 65.4 Å². The summed E-state index contributed by atoms with van der Waals surface area (Å²) in [4.78, 5) is 9.00. The molecule has 0 spiro atoms. The second kappa shape index (κ2) is 15.6. The molecule has 0 aromatic carbocycles. The minimum atomic E-state index is -0.833. The van der Waals surface area contributed by atoms with Gasteiger partial charge in [0.2, 0.25) is 0 Å². The van der Waals surface area contributed by atoms with Crippen LogP contribution in [-0.4, -0.2) is 35.0 Å². The van der Waals surface area contributed by atoms with E-state index in [1.807, 2.05) is 0 Å². The molecular formula is C2H6O2PdPtSn. The molecule has 50 valence electrons. The fourth-order valence-corrected chi connectivity index (χ4v) is 0. The van der Waals surface area contributed by atoms with Gasteiger partial charge in [0.1, 0.15) is 0 Å². The monoisotopic (exact) mass is 483 g/mol. The second-order valence-corrected chi connectivity index (χ2v) is 0.519. The molecule has 0 aliphatic rings. The maximum absolute atomic E-state index is 9.00. The van der Waals surface area contributed by atoms with Gasteiger partial charge in [-0.1, -0.05) is 0 Å². The van der Waals surface area contributed by atoms with E-state index in [1.165, 1.54) is 0 Å². The molecule has 0 bridgehead atoms. The van der Waals surface area contributed by atoms with Crippen molar-refractivity contribution in [2.45, 2.75) is 6.92 Å². The van der Waals surface area contributed by atoms with E-state index in [0.29, 0.717) is 0 Å².